The zero-order valence-corrected chi connectivity index (χ0v) is 20.9. The van der Waals surface area contributed by atoms with Crippen molar-refractivity contribution < 1.29 is 14.3 Å². The number of nitrogens with zero attached hydrogens (tertiary/aromatic N) is 2. The van der Waals surface area contributed by atoms with Gasteiger partial charge in [-0.3, -0.25) is 14.5 Å². The monoisotopic (exact) mass is 494 g/mol. The van der Waals surface area contributed by atoms with E-state index in [0.717, 1.165) is 49.2 Å². The molecule has 7 nitrogen and oxygen atoms in total. The Balaban J connectivity index is 1.23. The Morgan fingerprint density at radius 2 is 2.06 bits per heavy atom. The molecule has 2 N–H and O–H groups in total. The lowest BCUT2D eigenvalue weighted by molar-refractivity contribution is -0.119. The minimum atomic E-state index is -0.217. The summed E-state index contributed by atoms with van der Waals surface area (Å²) in [5.74, 6) is 0.773. The fourth-order valence-corrected chi connectivity index (χ4v) is 5.53. The van der Waals surface area contributed by atoms with Crippen molar-refractivity contribution in [2.45, 2.75) is 70.6 Å². The highest BCUT2D eigenvalue weighted by Gasteiger charge is 2.37. The fourth-order valence-electron chi connectivity index (χ4n) is 5.37. The molecule has 3 aliphatic heterocycles. The molecule has 3 aliphatic rings. The van der Waals surface area contributed by atoms with E-state index in [1.54, 1.807) is 18.2 Å². The molecule has 1 aromatic heterocycles. The topological polar surface area (TPSA) is 83.6 Å². The Morgan fingerprint density at radius 3 is 2.80 bits per heavy atom. The molecule has 1 aromatic carbocycles. The van der Waals surface area contributed by atoms with Gasteiger partial charge in [0.05, 0.1) is 6.04 Å². The van der Waals surface area contributed by atoms with E-state index in [2.05, 4.69) is 52.6 Å². The number of halogens is 1. The predicted octanol–water partition coefficient (Wildman–Crippen LogP) is 4.06. The molecule has 2 aromatic rings. The van der Waals surface area contributed by atoms with Gasteiger partial charge in [0.25, 0.3) is 5.91 Å². The number of nitrogens with one attached hydrogen (secondary N) is 2. The van der Waals surface area contributed by atoms with E-state index >= 15 is 0 Å². The van der Waals surface area contributed by atoms with Crippen LogP contribution in [0.2, 0.25) is 5.15 Å². The van der Waals surface area contributed by atoms with Crippen LogP contribution in [-0.2, 0) is 11.3 Å². The molecule has 2 fully saturated rings. The third kappa shape index (κ3) is 5.21. The van der Waals surface area contributed by atoms with Crippen molar-refractivity contribution in [3.8, 4) is 5.75 Å². The third-order valence-corrected chi connectivity index (χ3v) is 7.70. The second-order valence-electron chi connectivity index (χ2n) is 9.75. The maximum atomic E-state index is 12.6. The zero-order valence-electron chi connectivity index (χ0n) is 20.1. The summed E-state index contributed by atoms with van der Waals surface area (Å²) in [5.41, 5.74) is 4.99. The second-order valence-corrected chi connectivity index (χ2v) is 10.1. The van der Waals surface area contributed by atoms with Crippen molar-refractivity contribution in [2.75, 3.05) is 6.61 Å². The number of aromatic nitrogens is 1. The van der Waals surface area contributed by atoms with Crippen LogP contribution in [0.1, 0.15) is 59.3 Å². The summed E-state index contributed by atoms with van der Waals surface area (Å²) in [6.45, 7) is 5.63. The van der Waals surface area contributed by atoms with Crippen molar-refractivity contribution in [2.24, 2.45) is 0 Å². The number of fused-ring (bicyclic) bond motifs is 2. The SMILES string of the molecule is Cc1c(CN2C3C=C(NC(=O)c4cccc(Cl)n4)CC2CC3)ccc(OC[C@H]2CCC(=O)N2)c1C. The highest BCUT2D eigenvalue weighted by Crippen LogP contribution is 2.36. The Bertz CT molecular complexity index is 1180. The van der Waals surface area contributed by atoms with Gasteiger partial charge in [-0.15, -0.1) is 0 Å². The first kappa shape index (κ1) is 23.8. The molecule has 3 atom stereocenters. The van der Waals surface area contributed by atoms with Crippen LogP contribution in [0.25, 0.3) is 0 Å². The lowest BCUT2D eigenvalue weighted by Gasteiger charge is -2.34. The van der Waals surface area contributed by atoms with E-state index in [4.69, 9.17) is 16.3 Å². The largest absolute Gasteiger partial charge is 0.491 e. The van der Waals surface area contributed by atoms with Crippen LogP contribution in [-0.4, -0.2) is 46.4 Å². The second kappa shape index (κ2) is 9.99. The molecule has 0 spiro atoms. The Morgan fingerprint density at radius 1 is 1.20 bits per heavy atom. The first-order valence-electron chi connectivity index (χ1n) is 12.3. The number of pyridine rings is 1. The summed E-state index contributed by atoms with van der Waals surface area (Å²) in [5, 5.41) is 6.32. The maximum absolute atomic E-state index is 12.6. The highest BCUT2D eigenvalue weighted by atomic mass is 35.5. The van der Waals surface area contributed by atoms with Crippen molar-refractivity contribution >= 4 is 23.4 Å². The van der Waals surface area contributed by atoms with E-state index < -0.39 is 0 Å². The lowest BCUT2D eigenvalue weighted by atomic mass is 9.99. The van der Waals surface area contributed by atoms with Crippen LogP contribution in [0.4, 0.5) is 0 Å². The van der Waals surface area contributed by atoms with Gasteiger partial charge < -0.3 is 15.4 Å². The van der Waals surface area contributed by atoms with Gasteiger partial charge in [0.15, 0.2) is 0 Å². The summed E-state index contributed by atoms with van der Waals surface area (Å²) in [7, 11) is 0. The van der Waals surface area contributed by atoms with Crippen molar-refractivity contribution in [1.82, 2.24) is 20.5 Å². The fraction of sp³-hybridized carbons (Fsp3) is 0.444. The molecule has 0 aliphatic carbocycles. The molecule has 184 valence electrons. The first-order chi connectivity index (χ1) is 16.9. The van der Waals surface area contributed by atoms with E-state index in [1.807, 2.05) is 0 Å². The van der Waals surface area contributed by atoms with Crippen LogP contribution in [0.3, 0.4) is 0 Å². The third-order valence-electron chi connectivity index (χ3n) is 7.49. The molecule has 0 radical (unpaired) electrons. The lowest BCUT2D eigenvalue weighted by Crippen LogP contribution is -2.41. The molecule has 2 bridgehead atoms. The van der Waals surface area contributed by atoms with Crippen LogP contribution in [0, 0.1) is 13.8 Å². The standard InChI is InChI=1S/C27H31ClN4O3/c1-16-17(2)24(35-15-19-7-11-26(33)29-19)10-6-18(16)14-32-21-8-9-22(32)13-20(12-21)30-27(34)23-4-3-5-25(28)31-23/h3-6,10,12,19,21-22H,7-9,11,13-15H2,1-2H3,(H,29,33)(H,30,34)/t19-,21?,22?/m1/s1. The van der Waals surface area contributed by atoms with Crippen molar-refractivity contribution in [3.05, 3.63) is 69.6 Å². The number of amides is 2. The molecule has 35 heavy (non-hydrogen) atoms. The molecule has 0 saturated carbocycles. The van der Waals surface area contributed by atoms with E-state index in [-0.39, 0.29) is 17.9 Å². The number of hydrogen-bond donors (Lipinski definition) is 2. The Hall–Kier alpha value is -2.90. The number of carbonyl (C=O) groups excluding carboxylic acids is 2. The van der Waals surface area contributed by atoms with Gasteiger partial charge in [-0.2, -0.15) is 0 Å². The molecule has 2 unspecified atom stereocenters. The Labute approximate surface area is 210 Å². The van der Waals surface area contributed by atoms with Crippen LogP contribution in [0.15, 0.2) is 42.1 Å². The van der Waals surface area contributed by atoms with Crippen molar-refractivity contribution in [3.63, 3.8) is 0 Å². The van der Waals surface area contributed by atoms with Gasteiger partial charge in [0, 0.05) is 37.2 Å². The number of ether oxygens (including phenoxy) is 1. The number of benzene rings is 1. The molecule has 4 heterocycles. The van der Waals surface area contributed by atoms with Crippen LogP contribution >= 0.6 is 11.6 Å². The van der Waals surface area contributed by atoms with Gasteiger partial charge in [-0.1, -0.05) is 23.7 Å². The molecular weight excluding hydrogens is 464 g/mol. The van der Waals surface area contributed by atoms with E-state index in [0.29, 0.717) is 36.0 Å². The summed E-state index contributed by atoms with van der Waals surface area (Å²) < 4.78 is 6.05. The number of hydrogen-bond acceptors (Lipinski definition) is 5. The summed E-state index contributed by atoms with van der Waals surface area (Å²) in [6.07, 6.45) is 6.63. The van der Waals surface area contributed by atoms with E-state index in [1.165, 1.54) is 11.1 Å². The summed E-state index contributed by atoms with van der Waals surface area (Å²) >= 11 is 5.93. The number of rotatable bonds is 7. The van der Waals surface area contributed by atoms with Crippen LogP contribution < -0.4 is 15.4 Å². The quantitative estimate of drug-likeness (QED) is 0.567. The molecule has 8 heteroatoms. The molecule has 2 amide bonds. The average molecular weight is 495 g/mol. The minimum absolute atomic E-state index is 0.0991. The summed E-state index contributed by atoms with van der Waals surface area (Å²) in [4.78, 5) is 30.7. The number of carbonyl (C=O) groups is 2. The smallest absolute Gasteiger partial charge is 0.274 e. The van der Waals surface area contributed by atoms with Crippen molar-refractivity contribution in [1.29, 1.82) is 0 Å². The Kier molecular flexibility index (Phi) is 6.80. The van der Waals surface area contributed by atoms with Crippen LogP contribution in [0.5, 0.6) is 5.75 Å². The van der Waals surface area contributed by atoms with Gasteiger partial charge in [-0.25, -0.2) is 4.98 Å². The summed E-state index contributed by atoms with van der Waals surface area (Å²) in [6, 6.07) is 10.1. The van der Waals surface area contributed by atoms with Gasteiger partial charge in [-0.05, 0) is 74.1 Å². The van der Waals surface area contributed by atoms with Gasteiger partial charge in [0.1, 0.15) is 23.2 Å². The normalized spacial score (nSPS) is 23.7. The maximum Gasteiger partial charge on any atom is 0.274 e. The average Bonchev–Trinajstić information content (AvgIpc) is 3.35. The first-order valence-corrected chi connectivity index (χ1v) is 12.7. The molecule has 2 saturated heterocycles. The minimum Gasteiger partial charge on any atom is -0.491 e. The molecule has 5 rings (SSSR count). The predicted molar refractivity (Wildman–Crippen MR) is 134 cm³/mol. The molecular formula is C27H31ClN4O3. The van der Waals surface area contributed by atoms with Gasteiger partial charge >= 0.3 is 0 Å². The highest BCUT2D eigenvalue weighted by molar-refractivity contribution is 6.29. The van der Waals surface area contributed by atoms with E-state index in [9.17, 15) is 9.59 Å². The zero-order chi connectivity index (χ0) is 24.5. The van der Waals surface area contributed by atoms with Gasteiger partial charge in [0.2, 0.25) is 5.91 Å².